The maximum Gasteiger partial charge on any atom is 0.407 e. The first kappa shape index (κ1) is 26.3. The molecule has 3 rings (SSSR count). The lowest BCUT2D eigenvalue weighted by Gasteiger charge is -2.28. The summed E-state index contributed by atoms with van der Waals surface area (Å²) in [6.07, 6.45) is 1.60. The SMILES string of the molecule is CC(CCCC(C)C(=O)N(CC(=O)O)C(C)C)NC(=O)OCC1c2ccccc2-c2ccccc21. The predicted molar refractivity (Wildman–Crippen MR) is 135 cm³/mol. The molecule has 0 aromatic heterocycles. The van der Waals surface area contributed by atoms with E-state index in [0.717, 1.165) is 6.42 Å². The first-order valence-electron chi connectivity index (χ1n) is 12.3. The molecule has 7 heteroatoms. The third kappa shape index (κ3) is 6.62. The monoisotopic (exact) mass is 480 g/mol. The molecule has 0 aliphatic heterocycles. The molecule has 0 saturated carbocycles. The van der Waals surface area contributed by atoms with Crippen LogP contribution in [0.25, 0.3) is 11.1 Å². The van der Waals surface area contributed by atoms with Crippen LogP contribution in [0, 0.1) is 5.92 Å². The number of carboxylic acids is 1. The molecule has 2 N–H and O–H groups in total. The van der Waals surface area contributed by atoms with Crippen molar-refractivity contribution in [2.45, 2.75) is 65.0 Å². The van der Waals surface area contributed by atoms with Gasteiger partial charge >= 0.3 is 12.1 Å². The molecule has 0 radical (unpaired) electrons. The van der Waals surface area contributed by atoms with Gasteiger partial charge in [0.2, 0.25) is 5.91 Å². The van der Waals surface area contributed by atoms with Crippen LogP contribution in [-0.4, -0.2) is 53.2 Å². The van der Waals surface area contributed by atoms with Crippen molar-refractivity contribution in [2.75, 3.05) is 13.2 Å². The molecular weight excluding hydrogens is 444 g/mol. The van der Waals surface area contributed by atoms with Crippen LogP contribution in [0.15, 0.2) is 48.5 Å². The topological polar surface area (TPSA) is 95.9 Å². The molecule has 1 aliphatic carbocycles. The summed E-state index contributed by atoms with van der Waals surface area (Å²) in [5, 5.41) is 11.9. The van der Waals surface area contributed by atoms with Crippen LogP contribution in [0.2, 0.25) is 0 Å². The molecule has 35 heavy (non-hydrogen) atoms. The average molecular weight is 481 g/mol. The van der Waals surface area contributed by atoms with Crippen LogP contribution in [0.4, 0.5) is 4.79 Å². The number of carboxylic acid groups (broad SMARTS) is 1. The fourth-order valence-electron chi connectivity index (χ4n) is 4.71. The van der Waals surface area contributed by atoms with Gasteiger partial charge in [-0.1, -0.05) is 61.9 Å². The zero-order chi connectivity index (χ0) is 25.5. The maximum atomic E-state index is 12.6. The quantitative estimate of drug-likeness (QED) is 0.470. The standard InChI is InChI=1S/C28H36N2O5/c1-18(2)30(16-26(31)32)27(33)19(3)10-9-11-20(4)29-28(34)35-17-25-23-14-7-5-12-21(23)22-13-6-8-15-24(22)25/h5-8,12-15,18-20,25H,9-11,16-17H2,1-4H3,(H,29,34)(H,31,32). The summed E-state index contributed by atoms with van der Waals surface area (Å²) in [4.78, 5) is 37.5. The number of nitrogens with one attached hydrogen (secondary N) is 1. The van der Waals surface area contributed by atoms with E-state index in [4.69, 9.17) is 9.84 Å². The highest BCUT2D eigenvalue weighted by Gasteiger charge is 2.29. The molecule has 2 amide bonds. The fourth-order valence-corrected chi connectivity index (χ4v) is 4.71. The Morgan fingerprint density at radius 1 is 0.943 bits per heavy atom. The molecular formula is C28H36N2O5. The normalized spacial score (nSPS) is 14.1. The minimum Gasteiger partial charge on any atom is -0.480 e. The van der Waals surface area contributed by atoms with E-state index < -0.39 is 12.1 Å². The molecule has 2 aromatic rings. The number of rotatable bonds is 11. The van der Waals surface area contributed by atoms with Crippen LogP contribution < -0.4 is 5.32 Å². The fraction of sp³-hybridized carbons (Fsp3) is 0.464. The molecule has 7 nitrogen and oxygen atoms in total. The van der Waals surface area contributed by atoms with Crippen LogP contribution >= 0.6 is 0 Å². The van der Waals surface area contributed by atoms with Crippen LogP contribution in [0.1, 0.15) is 64.0 Å². The van der Waals surface area contributed by atoms with Crippen LogP contribution in [0.3, 0.4) is 0 Å². The number of hydrogen-bond donors (Lipinski definition) is 2. The Morgan fingerprint density at radius 3 is 2.06 bits per heavy atom. The number of ether oxygens (including phenoxy) is 1. The van der Waals surface area contributed by atoms with E-state index in [0.29, 0.717) is 12.8 Å². The Bertz CT molecular complexity index is 1010. The lowest BCUT2D eigenvalue weighted by atomic mass is 9.98. The number of alkyl carbamates (subject to hydrolysis) is 1. The maximum absolute atomic E-state index is 12.6. The molecule has 188 valence electrons. The van der Waals surface area contributed by atoms with Gasteiger partial charge in [0.1, 0.15) is 13.2 Å². The molecule has 0 spiro atoms. The number of benzene rings is 2. The van der Waals surface area contributed by atoms with Gasteiger partial charge in [-0.2, -0.15) is 0 Å². The van der Waals surface area contributed by atoms with E-state index in [9.17, 15) is 14.4 Å². The first-order chi connectivity index (χ1) is 16.7. The van der Waals surface area contributed by atoms with Crippen molar-refractivity contribution < 1.29 is 24.2 Å². The number of nitrogens with zero attached hydrogens (tertiary/aromatic N) is 1. The Morgan fingerprint density at radius 2 is 1.51 bits per heavy atom. The summed E-state index contributed by atoms with van der Waals surface area (Å²) < 4.78 is 5.60. The van der Waals surface area contributed by atoms with Gasteiger partial charge in [-0.05, 0) is 55.9 Å². The van der Waals surface area contributed by atoms with Crippen molar-refractivity contribution in [3.63, 3.8) is 0 Å². The molecule has 1 aliphatic rings. The zero-order valence-electron chi connectivity index (χ0n) is 21.0. The highest BCUT2D eigenvalue weighted by atomic mass is 16.5. The van der Waals surface area contributed by atoms with Gasteiger partial charge in [-0.3, -0.25) is 9.59 Å². The van der Waals surface area contributed by atoms with Gasteiger partial charge < -0.3 is 20.1 Å². The van der Waals surface area contributed by atoms with Crippen molar-refractivity contribution in [3.8, 4) is 11.1 Å². The molecule has 2 unspecified atom stereocenters. The number of carbonyl (C=O) groups is 3. The molecule has 0 fully saturated rings. The molecule has 2 atom stereocenters. The largest absolute Gasteiger partial charge is 0.480 e. The second-order valence-electron chi connectivity index (χ2n) is 9.66. The lowest BCUT2D eigenvalue weighted by Crippen LogP contribution is -2.43. The van der Waals surface area contributed by atoms with Gasteiger partial charge in [-0.25, -0.2) is 4.79 Å². The van der Waals surface area contributed by atoms with Gasteiger partial charge in [-0.15, -0.1) is 0 Å². The highest BCUT2D eigenvalue weighted by Crippen LogP contribution is 2.44. The summed E-state index contributed by atoms with van der Waals surface area (Å²) in [5.74, 6) is -1.43. The Kier molecular flexibility index (Phi) is 8.90. The number of hydrogen-bond acceptors (Lipinski definition) is 4. The van der Waals surface area contributed by atoms with Gasteiger partial charge in [0, 0.05) is 23.9 Å². The summed E-state index contributed by atoms with van der Waals surface area (Å²) in [7, 11) is 0. The van der Waals surface area contributed by atoms with E-state index in [-0.39, 0.29) is 43.0 Å². The molecule has 0 saturated heterocycles. The van der Waals surface area contributed by atoms with Crippen molar-refractivity contribution in [3.05, 3.63) is 59.7 Å². The van der Waals surface area contributed by atoms with Gasteiger partial charge in [0.15, 0.2) is 0 Å². The Balaban J connectivity index is 1.44. The smallest absolute Gasteiger partial charge is 0.407 e. The van der Waals surface area contributed by atoms with E-state index in [2.05, 4.69) is 29.6 Å². The highest BCUT2D eigenvalue weighted by molar-refractivity contribution is 5.83. The first-order valence-corrected chi connectivity index (χ1v) is 12.3. The van der Waals surface area contributed by atoms with E-state index in [1.807, 2.05) is 52.0 Å². The zero-order valence-corrected chi connectivity index (χ0v) is 21.0. The van der Waals surface area contributed by atoms with Crippen molar-refractivity contribution >= 4 is 18.0 Å². The third-order valence-corrected chi connectivity index (χ3v) is 6.62. The second kappa shape index (κ2) is 11.9. The average Bonchev–Trinajstić information content (AvgIpc) is 3.14. The summed E-state index contributed by atoms with van der Waals surface area (Å²) in [6.45, 7) is 7.34. The summed E-state index contributed by atoms with van der Waals surface area (Å²) >= 11 is 0. The van der Waals surface area contributed by atoms with E-state index in [1.54, 1.807) is 0 Å². The minimum absolute atomic E-state index is 0.0185. The van der Waals surface area contributed by atoms with E-state index in [1.165, 1.54) is 27.2 Å². The van der Waals surface area contributed by atoms with Crippen LogP contribution in [-0.2, 0) is 14.3 Å². The van der Waals surface area contributed by atoms with Crippen molar-refractivity contribution in [1.29, 1.82) is 0 Å². The Labute approximate surface area is 207 Å². The molecule has 0 heterocycles. The number of aliphatic carboxylic acids is 1. The van der Waals surface area contributed by atoms with Gasteiger partial charge in [0.25, 0.3) is 0 Å². The van der Waals surface area contributed by atoms with Crippen molar-refractivity contribution in [2.24, 2.45) is 5.92 Å². The summed E-state index contributed by atoms with van der Waals surface area (Å²) in [5.41, 5.74) is 4.72. The number of carbonyl (C=O) groups excluding carboxylic acids is 2. The predicted octanol–water partition coefficient (Wildman–Crippen LogP) is 5.04. The van der Waals surface area contributed by atoms with Crippen molar-refractivity contribution in [1.82, 2.24) is 10.2 Å². The summed E-state index contributed by atoms with van der Waals surface area (Å²) in [6, 6.07) is 16.2. The molecule has 2 aromatic carbocycles. The number of fused-ring (bicyclic) bond motifs is 3. The lowest BCUT2D eigenvalue weighted by molar-refractivity contribution is -0.147. The van der Waals surface area contributed by atoms with E-state index >= 15 is 0 Å². The van der Waals surface area contributed by atoms with Crippen LogP contribution in [0.5, 0.6) is 0 Å². The third-order valence-electron chi connectivity index (χ3n) is 6.62. The van der Waals surface area contributed by atoms with Gasteiger partial charge in [0.05, 0.1) is 0 Å². The molecule has 0 bridgehead atoms. The number of amides is 2. The second-order valence-corrected chi connectivity index (χ2v) is 9.66. The minimum atomic E-state index is -1.01. The Hall–Kier alpha value is -3.35.